The van der Waals surface area contributed by atoms with E-state index in [1.54, 1.807) is 0 Å². The predicted octanol–water partition coefficient (Wildman–Crippen LogP) is 5.08. The number of carbonyl (C=O) groups excluding carboxylic acids is 1. The third kappa shape index (κ3) is 3.33. The maximum absolute atomic E-state index is 12.3. The van der Waals surface area contributed by atoms with E-state index in [2.05, 4.69) is 0 Å². The minimum absolute atomic E-state index is 0.171. The molecule has 148 valence electrons. The molecule has 0 saturated heterocycles. The summed E-state index contributed by atoms with van der Waals surface area (Å²) >= 11 is 0. The molecule has 0 bridgehead atoms. The van der Waals surface area contributed by atoms with Crippen LogP contribution in [-0.2, 0) is 0 Å². The summed E-state index contributed by atoms with van der Waals surface area (Å²) in [5.41, 5.74) is 2.28. The van der Waals surface area contributed by atoms with Gasteiger partial charge in [0.1, 0.15) is 0 Å². The highest BCUT2D eigenvalue weighted by atomic mass is 16.6. The maximum Gasteiger partial charge on any atom is 0.271 e. The number of benzene rings is 3. The number of carbonyl (C=O) groups is 1. The van der Waals surface area contributed by atoms with Crippen molar-refractivity contribution in [1.82, 2.24) is 4.57 Å². The van der Waals surface area contributed by atoms with Crippen molar-refractivity contribution >= 4 is 33.9 Å². The van der Waals surface area contributed by atoms with E-state index in [4.69, 9.17) is 4.99 Å². The van der Waals surface area contributed by atoms with Crippen LogP contribution in [0.3, 0.4) is 0 Å². The van der Waals surface area contributed by atoms with Crippen LogP contribution in [0, 0.1) is 10.1 Å². The van der Waals surface area contributed by atoms with Crippen LogP contribution in [0.5, 0.6) is 5.88 Å². The van der Waals surface area contributed by atoms with Crippen molar-refractivity contribution in [2.75, 3.05) is 0 Å². The van der Waals surface area contributed by atoms with E-state index < -0.39 is 10.8 Å². The van der Waals surface area contributed by atoms with E-state index in [0.717, 1.165) is 10.1 Å². The van der Waals surface area contributed by atoms with E-state index in [-0.39, 0.29) is 17.1 Å². The van der Waals surface area contributed by atoms with Gasteiger partial charge in [-0.05, 0) is 18.2 Å². The van der Waals surface area contributed by atoms with Crippen molar-refractivity contribution in [3.8, 4) is 5.88 Å². The topological polar surface area (TPSA) is 97.7 Å². The van der Waals surface area contributed by atoms with Crippen molar-refractivity contribution < 1.29 is 14.8 Å². The van der Waals surface area contributed by atoms with Gasteiger partial charge in [-0.2, -0.15) is 0 Å². The Morgan fingerprint density at radius 1 is 1.00 bits per heavy atom. The van der Waals surface area contributed by atoms with Gasteiger partial charge in [-0.15, -0.1) is 0 Å². The molecule has 1 aromatic heterocycles. The third-order valence-corrected chi connectivity index (χ3v) is 4.73. The zero-order valence-corrected chi connectivity index (χ0v) is 16.0. The Bertz CT molecular complexity index is 1290. The number of nitro benzene ring substituents is 1. The summed E-state index contributed by atoms with van der Waals surface area (Å²) in [7, 11) is 0. The highest BCUT2D eigenvalue weighted by Gasteiger charge is 2.25. The highest BCUT2D eigenvalue weighted by Crippen LogP contribution is 2.36. The molecule has 4 rings (SSSR count). The number of nitrogens with zero attached hydrogens (tertiary/aromatic N) is 3. The van der Waals surface area contributed by atoms with E-state index in [1.165, 1.54) is 25.1 Å². The molecule has 0 atom stereocenters. The quantitative estimate of drug-likeness (QED) is 0.294. The van der Waals surface area contributed by atoms with Gasteiger partial charge in [0.25, 0.3) is 5.69 Å². The van der Waals surface area contributed by atoms with Gasteiger partial charge < -0.3 is 5.11 Å². The number of rotatable bonds is 4. The highest BCUT2D eigenvalue weighted by molar-refractivity contribution is 6.23. The van der Waals surface area contributed by atoms with Crippen molar-refractivity contribution in [2.45, 2.75) is 6.92 Å². The van der Waals surface area contributed by atoms with Crippen LogP contribution in [0.2, 0.25) is 0 Å². The molecule has 0 saturated carbocycles. The number of hydrogen-bond donors (Lipinski definition) is 1. The van der Waals surface area contributed by atoms with Crippen LogP contribution in [0.25, 0.3) is 10.9 Å². The summed E-state index contributed by atoms with van der Waals surface area (Å²) in [5, 5.41) is 22.7. The van der Waals surface area contributed by atoms with Gasteiger partial charge in [-0.1, -0.05) is 48.5 Å². The van der Waals surface area contributed by atoms with Crippen LogP contribution < -0.4 is 0 Å². The normalized spacial score (nSPS) is 11.6. The second-order valence-electron chi connectivity index (χ2n) is 6.67. The minimum Gasteiger partial charge on any atom is -0.494 e. The number of aromatic hydroxyl groups is 1. The molecular formula is C23H17N3O4. The van der Waals surface area contributed by atoms with Gasteiger partial charge in [-0.25, -0.2) is 9.56 Å². The first-order valence-corrected chi connectivity index (χ1v) is 9.19. The Kier molecular flexibility index (Phi) is 4.85. The van der Waals surface area contributed by atoms with E-state index in [0.29, 0.717) is 22.3 Å². The maximum atomic E-state index is 12.3. The lowest BCUT2D eigenvalue weighted by atomic mass is 10.0. The van der Waals surface area contributed by atoms with Gasteiger partial charge in [0.15, 0.2) is 0 Å². The Labute approximate surface area is 171 Å². The molecule has 30 heavy (non-hydrogen) atoms. The molecule has 0 radical (unpaired) electrons. The zero-order chi connectivity index (χ0) is 21.3. The van der Waals surface area contributed by atoms with Crippen LogP contribution >= 0.6 is 0 Å². The second kappa shape index (κ2) is 7.63. The van der Waals surface area contributed by atoms with E-state index in [1.807, 2.05) is 60.7 Å². The molecule has 0 spiro atoms. The van der Waals surface area contributed by atoms with Gasteiger partial charge in [-0.3, -0.25) is 14.9 Å². The van der Waals surface area contributed by atoms with Crippen LogP contribution in [-0.4, -0.2) is 26.2 Å². The van der Waals surface area contributed by atoms with Gasteiger partial charge in [0, 0.05) is 30.0 Å². The Morgan fingerprint density at radius 3 is 2.23 bits per heavy atom. The standard InChI is InChI=1S/C23H17N3O4/c1-15(27)25-20-14-18(26(29)30)12-13-19(20)21(23(25)28)22(16-8-4-2-5-9-16)24-17-10-6-3-7-11-17/h2-14,28H,1H3. The lowest BCUT2D eigenvalue weighted by molar-refractivity contribution is -0.384. The number of fused-ring (bicyclic) bond motifs is 1. The largest absolute Gasteiger partial charge is 0.494 e. The summed E-state index contributed by atoms with van der Waals surface area (Å²) in [5.74, 6) is -0.770. The zero-order valence-electron chi connectivity index (χ0n) is 16.0. The Hall–Kier alpha value is -4.26. The molecule has 7 nitrogen and oxygen atoms in total. The van der Waals surface area contributed by atoms with Crippen molar-refractivity contribution in [3.05, 3.63) is 100 Å². The molecule has 1 N–H and O–H groups in total. The van der Waals surface area contributed by atoms with Gasteiger partial charge in [0.2, 0.25) is 11.8 Å². The number of para-hydroxylation sites is 1. The average molecular weight is 399 g/mol. The molecule has 7 heteroatoms. The smallest absolute Gasteiger partial charge is 0.271 e. The van der Waals surface area contributed by atoms with E-state index in [9.17, 15) is 20.0 Å². The van der Waals surface area contributed by atoms with Gasteiger partial charge >= 0.3 is 0 Å². The number of non-ortho nitro benzene ring substituents is 1. The predicted molar refractivity (Wildman–Crippen MR) is 115 cm³/mol. The molecule has 0 aliphatic rings. The summed E-state index contributed by atoms with van der Waals surface area (Å²) in [6.45, 7) is 1.29. The first kappa shape index (κ1) is 19.1. The van der Waals surface area contributed by atoms with Crippen LogP contribution in [0.15, 0.2) is 83.9 Å². The van der Waals surface area contributed by atoms with Crippen LogP contribution in [0.1, 0.15) is 22.8 Å². The summed E-state index contributed by atoms with van der Waals surface area (Å²) in [4.78, 5) is 27.7. The third-order valence-electron chi connectivity index (χ3n) is 4.73. The molecule has 0 aliphatic heterocycles. The molecule has 0 aliphatic carbocycles. The molecule has 1 heterocycles. The number of aromatic nitrogens is 1. The molecule has 0 amide bonds. The second-order valence-corrected chi connectivity index (χ2v) is 6.67. The Balaban J connectivity index is 2.08. The molecule has 0 unspecified atom stereocenters. The number of hydrogen-bond acceptors (Lipinski definition) is 5. The monoisotopic (exact) mass is 399 g/mol. The lowest BCUT2D eigenvalue weighted by Gasteiger charge is -2.08. The van der Waals surface area contributed by atoms with Gasteiger partial charge in [0.05, 0.1) is 27.4 Å². The first-order chi connectivity index (χ1) is 14.5. The Morgan fingerprint density at radius 2 is 1.63 bits per heavy atom. The molecular weight excluding hydrogens is 382 g/mol. The summed E-state index contributed by atoms with van der Waals surface area (Å²) in [6.07, 6.45) is 0. The minimum atomic E-state index is -0.538. The molecule has 0 fully saturated rings. The lowest BCUT2D eigenvalue weighted by Crippen LogP contribution is -2.06. The fraction of sp³-hybridized carbons (Fsp3) is 0.0435. The average Bonchev–Trinajstić information content (AvgIpc) is 3.04. The van der Waals surface area contributed by atoms with Crippen molar-refractivity contribution in [3.63, 3.8) is 0 Å². The molecule has 3 aromatic carbocycles. The fourth-order valence-electron chi connectivity index (χ4n) is 3.42. The summed E-state index contributed by atoms with van der Waals surface area (Å²) in [6, 6.07) is 22.7. The fourth-order valence-corrected chi connectivity index (χ4v) is 3.42. The SMILES string of the molecule is CC(=O)n1c(O)c(C(=Nc2ccccc2)c2ccccc2)c2ccc([N+](=O)[O-])cc21. The van der Waals surface area contributed by atoms with Crippen LogP contribution in [0.4, 0.5) is 11.4 Å². The van der Waals surface area contributed by atoms with E-state index >= 15 is 0 Å². The molecule has 4 aromatic rings. The first-order valence-electron chi connectivity index (χ1n) is 9.19. The number of nitro groups is 1. The van der Waals surface area contributed by atoms with Crippen molar-refractivity contribution in [2.24, 2.45) is 4.99 Å². The van der Waals surface area contributed by atoms with Crippen molar-refractivity contribution in [1.29, 1.82) is 0 Å². The summed E-state index contributed by atoms with van der Waals surface area (Å²) < 4.78 is 1.07. The number of aliphatic imine (C=N–C) groups is 1.